The molecule has 5 rings (SSSR count). The van der Waals surface area contributed by atoms with E-state index in [1.165, 1.54) is 4.90 Å². The van der Waals surface area contributed by atoms with Gasteiger partial charge < -0.3 is 30.1 Å². The van der Waals surface area contributed by atoms with Crippen LogP contribution in [0.1, 0.15) is 13.3 Å². The number of benzene rings is 2. The summed E-state index contributed by atoms with van der Waals surface area (Å²) < 4.78 is 9.88. The number of nitrogens with one attached hydrogen (secondary N) is 2. The van der Waals surface area contributed by atoms with Crippen molar-refractivity contribution in [2.24, 2.45) is 11.8 Å². The van der Waals surface area contributed by atoms with Crippen LogP contribution in [0.15, 0.2) is 48.5 Å². The van der Waals surface area contributed by atoms with E-state index in [1.807, 2.05) is 6.92 Å². The van der Waals surface area contributed by atoms with Gasteiger partial charge >= 0.3 is 0 Å². The molecule has 3 aliphatic rings. The van der Waals surface area contributed by atoms with Crippen LogP contribution >= 0.6 is 27.7 Å². The normalized spacial score (nSPS) is 29.2. The Hall–Kier alpha value is -2.76. The molecule has 9 nitrogen and oxygen atoms in total. The molecule has 3 heterocycles. The molecule has 3 unspecified atom stereocenters. The number of alkyl halides is 1. The topological polar surface area (TPSA) is 117 Å². The molecule has 6 atom stereocenters. The fourth-order valence-electron chi connectivity index (χ4n) is 5.99. The molecule has 0 saturated carbocycles. The lowest BCUT2D eigenvalue weighted by Gasteiger charge is -2.35. The number of hydrogen-bond donors (Lipinski definition) is 3. The molecular formula is C27H30BrN3O6S. The summed E-state index contributed by atoms with van der Waals surface area (Å²) in [6.07, 6.45) is 0.564. The van der Waals surface area contributed by atoms with Crippen molar-refractivity contribution in [3.8, 4) is 11.5 Å². The molecule has 3 amide bonds. The van der Waals surface area contributed by atoms with Gasteiger partial charge in [0.25, 0.3) is 0 Å². The number of ether oxygens (including phenoxy) is 2. The maximum Gasteiger partial charge on any atom is 0.248 e. The minimum absolute atomic E-state index is 0.0171. The minimum atomic E-state index is -0.826. The van der Waals surface area contributed by atoms with Gasteiger partial charge in [0.2, 0.25) is 17.7 Å². The molecule has 3 aliphatic heterocycles. The van der Waals surface area contributed by atoms with Gasteiger partial charge in [-0.2, -0.15) is 0 Å². The van der Waals surface area contributed by atoms with Gasteiger partial charge in [-0.1, -0.05) is 15.9 Å². The number of halogens is 1. The molecule has 1 spiro atoms. The summed E-state index contributed by atoms with van der Waals surface area (Å²) in [4.78, 5) is 42.6. The summed E-state index contributed by atoms with van der Waals surface area (Å²) in [5.41, 5.74) is 1.18. The van der Waals surface area contributed by atoms with Gasteiger partial charge in [-0.05, 0) is 61.9 Å². The third-order valence-corrected chi connectivity index (χ3v) is 10.7. The van der Waals surface area contributed by atoms with E-state index in [9.17, 15) is 19.5 Å². The van der Waals surface area contributed by atoms with Crippen LogP contribution in [0.2, 0.25) is 0 Å². The smallest absolute Gasteiger partial charge is 0.248 e. The first-order valence-corrected chi connectivity index (χ1v) is 14.3. The number of likely N-dealkylation sites (tertiary alicyclic amines) is 1. The first kappa shape index (κ1) is 26.8. The van der Waals surface area contributed by atoms with Gasteiger partial charge in [0.05, 0.1) is 36.9 Å². The third kappa shape index (κ3) is 4.54. The number of carbonyl (C=O) groups excluding carboxylic acids is 3. The molecular weight excluding hydrogens is 574 g/mol. The molecule has 0 aliphatic carbocycles. The lowest BCUT2D eigenvalue weighted by molar-refractivity contribution is -0.138. The van der Waals surface area contributed by atoms with Crippen LogP contribution in [0.4, 0.5) is 11.4 Å². The van der Waals surface area contributed by atoms with Gasteiger partial charge in [-0.25, -0.2) is 0 Å². The van der Waals surface area contributed by atoms with Gasteiger partial charge in [-0.15, -0.1) is 11.8 Å². The molecule has 202 valence electrons. The number of aliphatic hydroxyl groups is 1. The van der Waals surface area contributed by atoms with Crippen LogP contribution in [-0.4, -0.2) is 75.5 Å². The summed E-state index contributed by atoms with van der Waals surface area (Å²) in [7, 11) is 1.57. The molecule has 0 aromatic heterocycles. The van der Waals surface area contributed by atoms with Crippen molar-refractivity contribution in [3.05, 3.63) is 48.5 Å². The zero-order valence-electron chi connectivity index (χ0n) is 21.1. The quantitative estimate of drug-likeness (QED) is 0.377. The maximum absolute atomic E-state index is 13.8. The number of nitrogens with zero attached hydrogens (tertiary/aromatic N) is 1. The van der Waals surface area contributed by atoms with Crippen LogP contribution in [0, 0.1) is 11.8 Å². The highest BCUT2D eigenvalue weighted by Crippen LogP contribution is 2.67. The second kappa shape index (κ2) is 10.8. The molecule has 0 radical (unpaired) electrons. The zero-order chi connectivity index (χ0) is 27.0. The molecule has 2 aromatic rings. The van der Waals surface area contributed by atoms with Crippen molar-refractivity contribution in [2.45, 2.75) is 34.2 Å². The minimum Gasteiger partial charge on any atom is -0.497 e. The molecule has 2 bridgehead atoms. The number of methoxy groups -OCH3 is 1. The second-order valence-electron chi connectivity index (χ2n) is 9.58. The summed E-state index contributed by atoms with van der Waals surface area (Å²) in [5.74, 6) is -0.791. The Morgan fingerprint density at radius 1 is 1.08 bits per heavy atom. The van der Waals surface area contributed by atoms with Gasteiger partial charge in [-0.3, -0.25) is 14.4 Å². The highest BCUT2D eigenvalue weighted by molar-refractivity contribution is 9.09. The molecule has 11 heteroatoms. The predicted molar refractivity (Wildman–Crippen MR) is 149 cm³/mol. The summed E-state index contributed by atoms with van der Waals surface area (Å²) in [6.45, 7) is 2.18. The van der Waals surface area contributed by atoms with E-state index in [4.69, 9.17) is 9.47 Å². The van der Waals surface area contributed by atoms with Crippen LogP contribution in [0.5, 0.6) is 11.5 Å². The Morgan fingerprint density at radius 3 is 2.26 bits per heavy atom. The predicted octanol–water partition coefficient (Wildman–Crippen LogP) is 3.13. The number of rotatable bonds is 9. The number of amides is 3. The molecule has 2 aromatic carbocycles. The van der Waals surface area contributed by atoms with Gasteiger partial charge in [0.15, 0.2) is 0 Å². The fraction of sp³-hybridized carbons (Fsp3) is 0.444. The van der Waals surface area contributed by atoms with Crippen LogP contribution in [0.25, 0.3) is 0 Å². The van der Waals surface area contributed by atoms with Crippen LogP contribution < -0.4 is 20.1 Å². The number of carbonyl (C=O) groups is 3. The van der Waals surface area contributed by atoms with E-state index in [0.29, 0.717) is 35.9 Å². The SMILES string of the molecule is CCOc1ccc(NC(=O)[C@H]2[C@H]3C(=O)N(CCO)C(C(=O)Nc4ccc(OC)cc4)C34CC(Br)[C@@H]2S4)cc1. The van der Waals surface area contributed by atoms with E-state index in [-0.39, 0.29) is 41.0 Å². The molecule has 3 fully saturated rings. The lowest BCUT2D eigenvalue weighted by Crippen LogP contribution is -2.53. The Balaban J connectivity index is 1.42. The van der Waals surface area contributed by atoms with E-state index in [0.717, 1.165) is 0 Å². The highest BCUT2D eigenvalue weighted by atomic mass is 79.9. The highest BCUT2D eigenvalue weighted by Gasteiger charge is 2.75. The van der Waals surface area contributed by atoms with Crippen LogP contribution in [-0.2, 0) is 14.4 Å². The van der Waals surface area contributed by atoms with Crippen molar-refractivity contribution >= 4 is 56.8 Å². The zero-order valence-corrected chi connectivity index (χ0v) is 23.5. The van der Waals surface area contributed by atoms with E-state index in [1.54, 1.807) is 67.4 Å². The van der Waals surface area contributed by atoms with E-state index >= 15 is 0 Å². The van der Waals surface area contributed by atoms with Crippen molar-refractivity contribution in [3.63, 3.8) is 0 Å². The van der Waals surface area contributed by atoms with E-state index < -0.39 is 22.6 Å². The Bertz CT molecular complexity index is 1210. The van der Waals surface area contributed by atoms with E-state index in [2.05, 4.69) is 26.6 Å². The first-order valence-electron chi connectivity index (χ1n) is 12.5. The number of hydrogen-bond acceptors (Lipinski definition) is 7. The standard InChI is InChI=1S/C27H30BrN3O6S/c1-3-37-18-10-6-15(7-11-18)29-24(33)20-21-26(35)31(12-13-32)23(27(21)14-19(28)22(20)38-27)25(34)30-16-4-8-17(36-2)9-5-16/h4-11,19-23,32H,3,12-14H2,1-2H3,(H,29,33)(H,30,34)/t19?,20-,21-,22-,23?,27?/m0/s1. The molecule has 3 N–H and O–H groups in total. The van der Waals surface area contributed by atoms with Gasteiger partial charge in [0.1, 0.15) is 17.5 Å². The average Bonchev–Trinajstić information content (AvgIpc) is 3.49. The van der Waals surface area contributed by atoms with Gasteiger partial charge in [0, 0.05) is 28.0 Å². The third-order valence-electron chi connectivity index (χ3n) is 7.47. The summed E-state index contributed by atoms with van der Waals surface area (Å²) >= 11 is 5.29. The average molecular weight is 605 g/mol. The summed E-state index contributed by atoms with van der Waals surface area (Å²) in [5, 5.41) is 15.5. The number of fused-ring (bicyclic) bond motifs is 1. The van der Waals surface area contributed by atoms with Crippen molar-refractivity contribution in [1.29, 1.82) is 0 Å². The van der Waals surface area contributed by atoms with Crippen LogP contribution in [0.3, 0.4) is 0 Å². The number of β-amino-alcohol motifs (C(OH)–C–C–N with tert-alkyl or cyclic N) is 1. The second-order valence-corrected chi connectivity index (χ2v) is 12.3. The maximum atomic E-state index is 13.8. The number of anilines is 2. The lowest BCUT2D eigenvalue weighted by atomic mass is 9.70. The Kier molecular flexibility index (Phi) is 7.61. The van der Waals surface area contributed by atoms with Crippen molar-refractivity contribution in [1.82, 2.24) is 4.90 Å². The monoisotopic (exact) mass is 603 g/mol. The largest absolute Gasteiger partial charge is 0.497 e. The Morgan fingerprint density at radius 2 is 1.68 bits per heavy atom. The number of thioether (sulfide) groups is 1. The first-order chi connectivity index (χ1) is 18.3. The number of aliphatic hydroxyl groups excluding tert-OH is 1. The molecule has 3 saturated heterocycles. The van der Waals surface area contributed by atoms with Crippen molar-refractivity contribution < 1.29 is 29.0 Å². The van der Waals surface area contributed by atoms with Crippen molar-refractivity contribution in [2.75, 3.05) is 37.5 Å². The fourth-order valence-corrected chi connectivity index (χ4v) is 9.60. The Labute approximate surface area is 233 Å². The molecule has 38 heavy (non-hydrogen) atoms. The summed E-state index contributed by atoms with van der Waals surface area (Å²) in [6, 6.07) is 13.2.